The number of hydrogen-bond acceptors (Lipinski definition) is 5. The smallest absolute Gasteiger partial charge is 0.326 e. The van der Waals surface area contributed by atoms with Crippen LogP contribution in [0.15, 0.2) is 24.3 Å². The molecule has 5 N–H and O–H groups in total. The van der Waals surface area contributed by atoms with E-state index in [1.165, 1.54) is 0 Å². The highest BCUT2D eigenvalue weighted by Crippen LogP contribution is 2.14. The first-order valence-corrected chi connectivity index (χ1v) is 7.84. The van der Waals surface area contributed by atoms with Crippen LogP contribution in [-0.2, 0) is 16.0 Å². The SMILES string of the molecule is COc1cccc(CC(N)C(O)C(=O)N[C@@H](CC(C)C)C(=O)O)c1. The Balaban J connectivity index is 2.67. The van der Waals surface area contributed by atoms with Gasteiger partial charge in [0.2, 0.25) is 0 Å². The van der Waals surface area contributed by atoms with Crippen molar-refractivity contribution in [1.82, 2.24) is 5.32 Å². The largest absolute Gasteiger partial charge is 0.497 e. The zero-order valence-electron chi connectivity index (χ0n) is 14.2. The highest BCUT2D eigenvalue weighted by Gasteiger charge is 2.28. The Morgan fingerprint density at radius 2 is 2.00 bits per heavy atom. The van der Waals surface area contributed by atoms with E-state index in [1.54, 1.807) is 25.3 Å². The molecule has 134 valence electrons. The van der Waals surface area contributed by atoms with Crippen molar-refractivity contribution in [3.8, 4) is 5.75 Å². The summed E-state index contributed by atoms with van der Waals surface area (Å²) in [6, 6.07) is 5.24. The Labute approximate surface area is 141 Å². The average Bonchev–Trinajstić information content (AvgIpc) is 2.52. The molecule has 0 radical (unpaired) electrons. The first-order chi connectivity index (χ1) is 11.2. The monoisotopic (exact) mass is 338 g/mol. The summed E-state index contributed by atoms with van der Waals surface area (Å²) in [5, 5.41) is 21.6. The van der Waals surface area contributed by atoms with Gasteiger partial charge in [0.25, 0.3) is 5.91 Å². The Bertz CT molecular complexity index is 562. The minimum absolute atomic E-state index is 0.0917. The third kappa shape index (κ3) is 6.17. The predicted octanol–water partition coefficient (Wildman–Crippen LogP) is 0.541. The number of nitrogens with one attached hydrogen (secondary N) is 1. The highest BCUT2D eigenvalue weighted by molar-refractivity contribution is 5.86. The van der Waals surface area contributed by atoms with Gasteiger partial charge in [-0.1, -0.05) is 26.0 Å². The number of rotatable bonds is 9. The lowest BCUT2D eigenvalue weighted by atomic mass is 10.00. The summed E-state index contributed by atoms with van der Waals surface area (Å²) in [5.41, 5.74) is 6.71. The van der Waals surface area contributed by atoms with Crippen molar-refractivity contribution in [3.63, 3.8) is 0 Å². The van der Waals surface area contributed by atoms with Gasteiger partial charge in [-0.15, -0.1) is 0 Å². The second-order valence-corrected chi connectivity index (χ2v) is 6.19. The molecular weight excluding hydrogens is 312 g/mol. The van der Waals surface area contributed by atoms with Crippen LogP contribution < -0.4 is 15.8 Å². The lowest BCUT2D eigenvalue weighted by molar-refractivity contribution is -0.144. The molecule has 0 heterocycles. The molecule has 0 aliphatic carbocycles. The average molecular weight is 338 g/mol. The van der Waals surface area contributed by atoms with Crippen molar-refractivity contribution in [2.75, 3.05) is 7.11 Å². The van der Waals surface area contributed by atoms with Crippen molar-refractivity contribution in [3.05, 3.63) is 29.8 Å². The molecule has 0 aliphatic rings. The van der Waals surface area contributed by atoms with E-state index < -0.39 is 30.1 Å². The number of hydrogen-bond donors (Lipinski definition) is 4. The molecule has 7 nitrogen and oxygen atoms in total. The van der Waals surface area contributed by atoms with Crippen LogP contribution in [0, 0.1) is 5.92 Å². The number of ether oxygens (including phenoxy) is 1. The standard InChI is InChI=1S/C17H26N2O5/c1-10(2)7-14(17(22)23)19-16(21)15(20)13(18)9-11-5-4-6-12(8-11)24-3/h4-6,8,10,13-15,20H,7,9,18H2,1-3H3,(H,19,21)(H,22,23)/t13?,14-,15?/m0/s1. The fourth-order valence-corrected chi connectivity index (χ4v) is 2.33. The van der Waals surface area contributed by atoms with Crippen LogP contribution in [-0.4, -0.2) is 47.4 Å². The molecule has 0 spiro atoms. The number of aliphatic hydroxyl groups is 1. The fraction of sp³-hybridized carbons (Fsp3) is 0.529. The first-order valence-electron chi connectivity index (χ1n) is 7.84. The van der Waals surface area contributed by atoms with Crippen molar-refractivity contribution < 1.29 is 24.5 Å². The maximum Gasteiger partial charge on any atom is 0.326 e. The van der Waals surface area contributed by atoms with Crippen LogP contribution in [0.1, 0.15) is 25.8 Å². The van der Waals surface area contributed by atoms with E-state index in [9.17, 15) is 14.7 Å². The molecule has 0 saturated heterocycles. The fourth-order valence-electron chi connectivity index (χ4n) is 2.33. The molecule has 0 saturated carbocycles. The predicted molar refractivity (Wildman–Crippen MR) is 89.7 cm³/mol. The lowest BCUT2D eigenvalue weighted by Gasteiger charge is -2.22. The number of amides is 1. The van der Waals surface area contributed by atoms with Crippen LogP contribution in [0.2, 0.25) is 0 Å². The van der Waals surface area contributed by atoms with Crippen molar-refractivity contribution in [2.24, 2.45) is 11.7 Å². The molecule has 2 unspecified atom stereocenters. The summed E-state index contributed by atoms with van der Waals surface area (Å²) in [4.78, 5) is 23.2. The van der Waals surface area contributed by atoms with Gasteiger partial charge in [-0.2, -0.15) is 0 Å². The number of carbonyl (C=O) groups excluding carboxylic acids is 1. The maximum atomic E-state index is 12.1. The first kappa shape index (κ1) is 19.9. The molecule has 1 rings (SSSR count). The Hall–Kier alpha value is -2.12. The summed E-state index contributed by atoms with van der Waals surface area (Å²) in [7, 11) is 1.54. The van der Waals surface area contributed by atoms with Crippen molar-refractivity contribution in [2.45, 2.75) is 44.9 Å². The molecule has 1 aromatic rings. The second-order valence-electron chi connectivity index (χ2n) is 6.19. The van der Waals surface area contributed by atoms with Crippen molar-refractivity contribution >= 4 is 11.9 Å². The molecule has 0 aromatic heterocycles. The molecule has 3 atom stereocenters. The van der Waals surface area contributed by atoms with E-state index in [1.807, 2.05) is 19.9 Å². The van der Waals surface area contributed by atoms with Crippen LogP contribution in [0.5, 0.6) is 5.75 Å². The van der Waals surface area contributed by atoms with Crippen LogP contribution in [0.4, 0.5) is 0 Å². The highest BCUT2D eigenvalue weighted by atomic mass is 16.5. The zero-order chi connectivity index (χ0) is 18.3. The molecular formula is C17H26N2O5. The van der Waals surface area contributed by atoms with Crippen LogP contribution in [0.3, 0.4) is 0 Å². The lowest BCUT2D eigenvalue weighted by Crippen LogP contribution is -2.52. The van der Waals surface area contributed by atoms with Gasteiger partial charge in [-0.25, -0.2) is 4.79 Å². The van der Waals surface area contributed by atoms with Crippen molar-refractivity contribution in [1.29, 1.82) is 0 Å². The van der Waals surface area contributed by atoms with Gasteiger partial charge in [0, 0.05) is 6.04 Å². The zero-order valence-corrected chi connectivity index (χ0v) is 14.2. The van der Waals surface area contributed by atoms with Gasteiger partial charge in [0.05, 0.1) is 7.11 Å². The summed E-state index contributed by atoms with van der Waals surface area (Å²) in [6.07, 6.45) is -0.961. The maximum absolute atomic E-state index is 12.1. The molecule has 0 aliphatic heterocycles. The quantitative estimate of drug-likeness (QED) is 0.521. The van der Waals surface area contributed by atoms with E-state index in [4.69, 9.17) is 15.6 Å². The topological polar surface area (TPSA) is 122 Å². The van der Waals surface area contributed by atoms with E-state index in [-0.39, 0.29) is 18.8 Å². The van der Waals surface area contributed by atoms with Crippen LogP contribution >= 0.6 is 0 Å². The Morgan fingerprint density at radius 1 is 1.33 bits per heavy atom. The molecule has 1 amide bonds. The van der Waals surface area contributed by atoms with Gasteiger partial charge in [-0.3, -0.25) is 4.79 Å². The molecule has 0 bridgehead atoms. The van der Waals surface area contributed by atoms with Gasteiger partial charge < -0.3 is 26.0 Å². The van der Waals surface area contributed by atoms with E-state index in [2.05, 4.69) is 5.32 Å². The molecule has 7 heteroatoms. The number of nitrogens with two attached hydrogens (primary N) is 1. The van der Waals surface area contributed by atoms with Gasteiger partial charge in [-0.05, 0) is 36.5 Å². The Morgan fingerprint density at radius 3 is 2.54 bits per heavy atom. The van der Waals surface area contributed by atoms with Crippen LogP contribution in [0.25, 0.3) is 0 Å². The van der Waals surface area contributed by atoms with E-state index in [0.29, 0.717) is 5.75 Å². The number of carboxylic acids is 1. The second kappa shape index (κ2) is 9.24. The van der Waals surface area contributed by atoms with Gasteiger partial charge in [0.1, 0.15) is 17.9 Å². The number of aliphatic hydroxyl groups excluding tert-OH is 1. The molecule has 0 fully saturated rings. The van der Waals surface area contributed by atoms with Gasteiger partial charge >= 0.3 is 5.97 Å². The third-order valence-electron chi connectivity index (χ3n) is 3.60. The summed E-state index contributed by atoms with van der Waals surface area (Å²) in [6.45, 7) is 3.71. The Kier molecular flexibility index (Phi) is 7.67. The molecule has 24 heavy (non-hydrogen) atoms. The normalized spacial score (nSPS) is 14.8. The third-order valence-corrected chi connectivity index (χ3v) is 3.60. The van der Waals surface area contributed by atoms with Gasteiger partial charge in [0.15, 0.2) is 0 Å². The molecule has 1 aromatic carbocycles. The minimum Gasteiger partial charge on any atom is -0.497 e. The van der Waals surface area contributed by atoms with E-state index >= 15 is 0 Å². The van der Waals surface area contributed by atoms with E-state index in [0.717, 1.165) is 5.56 Å². The summed E-state index contributed by atoms with van der Waals surface area (Å²) in [5.74, 6) is -1.17. The summed E-state index contributed by atoms with van der Waals surface area (Å²) >= 11 is 0. The number of methoxy groups -OCH3 is 1. The summed E-state index contributed by atoms with van der Waals surface area (Å²) < 4.78 is 5.11. The number of benzene rings is 1. The minimum atomic E-state index is -1.50. The number of carbonyl (C=O) groups is 2. The number of aliphatic carboxylic acids is 1. The number of carboxylic acid groups (broad SMARTS) is 1.